The summed E-state index contributed by atoms with van der Waals surface area (Å²) < 4.78 is 11.6. The van der Waals surface area contributed by atoms with E-state index >= 15 is 0 Å². The molecule has 0 radical (unpaired) electrons. The van der Waals surface area contributed by atoms with Crippen molar-refractivity contribution in [1.29, 1.82) is 0 Å². The molecule has 3 heteroatoms. The molecule has 0 aliphatic carbocycles. The van der Waals surface area contributed by atoms with Crippen molar-refractivity contribution in [2.45, 2.75) is 41.0 Å². The van der Waals surface area contributed by atoms with E-state index in [1.54, 1.807) is 0 Å². The molecule has 3 aliphatic heterocycles. The molecule has 3 fully saturated rings. The van der Waals surface area contributed by atoms with Gasteiger partial charge in [0.15, 0.2) is 0 Å². The van der Waals surface area contributed by atoms with E-state index in [1.165, 1.54) is 4.90 Å². The predicted octanol–water partition coefficient (Wildman–Crippen LogP) is 2.09. The molecule has 0 saturated carbocycles. The van der Waals surface area contributed by atoms with Crippen molar-refractivity contribution in [2.75, 3.05) is 0 Å². The number of hydrogen-bond acceptors (Lipinski definition) is 3. The topological polar surface area (TPSA) is 18.5 Å². The van der Waals surface area contributed by atoms with E-state index in [4.69, 9.17) is 9.47 Å². The van der Waals surface area contributed by atoms with Gasteiger partial charge in [-0.1, -0.05) is 18.2 Å². The van der Waals surface area contributed by atoms with Gasteiger partial charge < -0.3 is 9.47 Å². The molecule has 0 spiro atoms. The fourth-order valence-electron chi connectivity index (χ4n) is 2.81. The first kappa shape index (κ1) is 8.62. The molecule has 0 amide bonds. The zero-order valence-electron chi connectivity index (χ0n) is 8.21. The number of thioether (sulfide) groups is 1. The van der Waals surface area contributed by atoms with Crippen molar-refractivity contribution >= 4 is 11.8 Å². The minimum Gasteiger partial charge on any atom is -0.368 e. The maximum absolute atomic E-state index is 5.87. The van der Waals surface area contributed by atoms with Gasteiger partial charge in [-0.2, -0.15) is 0 Å². The summed E-state index contributed by atoms with van der Waals surface area (Å²) in [5.41, 5.74) is 0. The van der Waals surface area contributed by atoms with Crippen LogP contribution in [0.1, 0.15) is 6.42 Å². The van der Waals surface area contributed by atoms with E-state index in [1.807, 2.05) is 11.8 Å². The van der Waals surface area contributed by atoms with Crippen LogP contribution < -0.4 is 0 Å². The van der Waals surface area contributed by atoms with Gasteiger partial charge in [0, 0.05) is 11.3 Å². The van der Waals surface area contributed by atoms with Crippen LogP contribution in [0.3, 0.4) is 0 Å². The second-order valence-corrected chi connectivity index (χ2v) is 5.66. The van der Waals surface area contributed by atoms with Gasteiger partial charge in [-0.15, -0.1) is 11.8 Å². The van der Waals surface area contributed by atoms with Gasteiger partial charge in [0.05, 0.1) is 17.5 Å². The summed E-state index contributed by atoms with van der Waals surface area (Å²) in [7, 11) is 0. The van der Waals surface area contributed by atoms with Gasteiger partial charge in [-0.05, 0) is 12.1 Å². The van der Waals surface area contributed by atoms with Crippen molar-refractivity contribution in [2.24, 2.45) is 0 Å². The smallest absolute Gasteiger partial charge is 0.111 e. The van der Waals surface area contributed by atoms with Crippen LogP contribution in [0.2, 0.25) is 0 Å². The minimum absolute atomic E-state index is 0.360. The average molecular weight is 220 g/mol. The Balaban J connectivity index is 1.56. The predicted molar refractivity (Wildman–Crippen MR) is 58.0 cm³/mol. The fraction of sp³-hybridized carbons (Fsp3) is 0.500. The first-order valence-corrected chi connectivity index (χ1v) is 6.32. The van der Waals surface area contributed by atoms with Gasteiger partial charge in [-0.3, -0.25) is 0 Å². The third-order valence-electron chi connectivity index (χ3n) is 3.52. The first-order valence-electron chi connectivity index (χ1n) is 5.44. The quantitative estimate of drug-likeness (QED) is 0.760. The van der Waals surface area contributed by atoms with Crippen molar-refractivity contribution in [3.05, 3.63) is 30.3 Å². The summed E-state index contributed by atoms with van der Waals surface area (Å²) in [6.07, 6.45) is 2.73. The maximum Gasteiger partial charge on any atom is 0.111 e. The largest absolute Gasteiger partial charge is 0.368 e. The number of hydrogen-bond donors (Lipinski definition) is 0. The highest BCUT2D eigenvalue weighted by Crippen LogP contribution is 2.52. The van der Waals surface area contributed by atoms with Gasteiger partial charge in [0.2, 0.25) is 0 Å². The zero-order valence-corrected chi connectivity index (χ0v) is 9.02. The molecule has 5 atom stereocenters. The van der Waals surface area contributed by atoms with E-state index in [9.17, 15) is 0 Å². The Kier molecular flexibility index (Phi) is 1.72. The Morgan fingerprint density at radius 2 is 1.80 bits per heavy atom. The van der Waals surface area contributed by atoms with Crippen molar-refractivity contribution in [1.82, 2.24) is 0 Å². The van der Waals surface area contributed by atoms with Crippen LogP contribution in [0.4, 0.5) is 0 Å². The van der Waals surface area contributed by atoms with Crippen molar-refractivity contribution in [3.63, 3.8) is 0 Å². The monoisotopic (exact) mass is 220 g/mol. The maximum atomic E-state index is 5.87. The van der Waals surface area contributed by atoms with Crippen LogP contribution >= 0.6 is 11.8 Å². The lowest BCUT2D eigenvalue weighted by molar-refractivity contribution is -0.172. The molecule has 1 aromatic rings. The number of fused-ring (bicyclic) bond motifs is 1. The molecule has 15 heavy (non-hydrogen) atoms. The summed E-state index contributed by atoms with van der Waals surface area (Å²) in [4.78, 5) is 1.32. The third-order valence-corrected chi connectivity index (χ3v) is 4.91. The van der Waals surface area contributed by atoms with Gasteiger partial charge in [-0.25, -0.2) is 0 Å². The van der Waals surface area contributed by atoms with Crippen LogP contribution in [0.25, 0.3) is 0 Å². The molecule has 0 N–H and O–H groups in total. The Labute approximate surface area is 93.0 Å². The zero-order chi connectivity index (χ0) is 9.83. The number of rotatable bonds is 2. The summed E-state index contributed by atoms with van der Waals surface area (Å²) >= 11 is 1.91. The highest BCUT2D eigenvalue weighted by Gasteiger charge is 2.63. The number of benzene rings is 1. The summed E-state index contributed by atoms with van der Waals surface area (Å²) in [5.74, 6) is 0. The van der Waals surface area contributed by atoms with Crippen molar-refractivity contribution < 1.29 is 9.47 Å². The molecule has 3 heterocycles. The van der Waals surface area contributed by atoms with Crippen LogP contribution in [0, 0.1) is 0 Å². The lowest BCUT2D eigenvalue weighted by Gasteiger charge is -2.43. The summed E-state index contributed by atoms with van der Waals surface area (Å²) in [6, 6.07) is 10.5. The van der Waals surface area contributed by atoms with E-state index in [2.05, 4.69) is 30.3 Å². The first-order chi connectivity index (χ1) is 7.42. The van der Waals surface area contributed by atoms with E-state index in [-0.39, 0.29) is 0 Å². The molecule has 4 rings (SSSR count). The Bertz CT molecular complexity index is 376. The highest BCUT2D eigenvalue weighted by molar-refractivity contribution is 8.00. The third kappa shape index (κ3) is 1.14. The molecular formula is C12H12O2S. The fourth-order valence-corrected chi connectivity index (χ4v) is 4.12. The van der Waals surface area contributed by atoms with E-state index in [0.29, 0.717) is 29.7 Å². The molecule has 3 aliphatic rings. The molecule has 78 valence electrons. The standard InChI is InChI=1S/C12H12O2S/c1-2-4-7(5-3-1)15-12-9-6-8-10(14-9)11(12)13-8/h1-5,8-12H,6H2/t8-,9-,10+,11-,12-/m0/s1. The van der Waals surface area contributed by atoms with Crippen LogP contribution in [-0.2, 0) is 9.47 Å². The Hall–Kier alpha value is -0.510. The minimum atomic E-state index is 0.360. The average Bonchev–Trinajstić information content (AvgIpc) is 2.70. The van der Waals surface area contributed by atoms with Crippen LogP contribution in [0.15, 0.2) is 35.2 Å². The van der Waals surface area contributed by atoms with E-state index < -0.39 is 0 Å². The Morgan fingerprint density at radius 1 is 1.00 bits per heavy atom. The molecule has 1 aromatic carbocycles. The van der Waals surface area contributed by atoms with Gasteiger partial charge in [0.1, 0.15) is 12.2 Å². The second-order valence-electron chi connectivity index (χ2n) is 4.41. The van der Waals surface area contributed by atoms with E-state index in [0.717, 1.165) is 6.42 Å². The second kappa shape index (κ2) is 3.00. The van der Waals surface area contributed by atoms with Gasteiger partial charge >= 0.3 is 0 Å². The Morgan fingerprint density at radius 3 is 2.47 bits per heavy atom. The van der Waals surface area contributed by atoms with Crippen molar-refractivity contribution in [3.8, 4) is 0 Å². The number of ether oxygens (including phenoxy) is 2. The molecule has 2 bridgehead atoms. The molecule has 3 saturated heterocycles. The van der Waals surface area contributed by atoms with Gasteiger partial charge in [0.25, 0.3) is 0 Å². The SMILES string of the molecule is c1ccc(S[C@@H]2[C@H]3O[C@H]4C[C@@H]2O[C@@H]34)cc1. The summed E-state index contributed by atoms with van der Waals surface area (Å²) in [5, 5.41) is 0.516. The molecule has 0 unspecified atom stereocenters. The lowest BCUT2D eigenvalue weighted by Crippen LogP contribution is -2.57. The summed E-state index contributed by atoms with van der Waals surface area (Å²) in [6.45, 7) is 0. The molecule has 2 nitrogen and oxygen atoms in total. The van der Waals surface area contributed by atoms with Crippen LogP contribution in [0.5, 0.6) is 0 Å². The molecule has 0 aromatic heterocycles. The lowest BCUT2D eigenvalue weighted by atomic mass is 9.88. The highest BCUT2D eigenvalue weighted by atomic mass is 32.2. The van der Waals surface area contributed by atoms with Crippen LogP contribution in [-0.4, -0.2) is 29.7 Å². The molecular weight excluding hydrogens is 208 g/mol. The normalized spacial score (nSPS) is 45.5.